The molecule has 0 aliphatic heterocycles. The Hall–Kier alpha value is -0.290. The van der Waals surface area contributed by atoms with Crippen LogP contribution >= 0.6 is 23.4 Å². The number of hydrogen-bond donors (Lipinski definition) is 2. The molecule has 1 aromatic carbocycles. The molecule has 0 saturated heterocycles. The summed E-state index contributed by atoms with van der Waals surface area (Å²) in [6.45, 7) is 2.12. The summed E-state index contributed by atoms with van der Waals surface area (Å²) in [4.78, 5) is 0. The molecule has 1 unspecified atom stereocenters. The van der Waals surface area contributed by atoms with Crippen LogP contribution in [0.5, 0.6) is 0 Å². The van der Waals surface area contributed by atoms with Gasteiger partial charge < -0.3 is 0 Å². The number of rotatable bonds is 6. The van der Waals surface area contributed by atoms with Gasteiger partial charge in [0, 0.05) is 10.8 Å². The lowest BCUT2D eigenvalue weighted by molar-refractivity contribution is 0.591. The normalized spacial score (nSPS) is 12.8. The van der Waals surface area contributed by atoms with Crippen LogP contribution in [0, 0.1) is 5.82 Å². The summed E-state index contributed by atoms with van der Waals surface area (Å²) in [5.74, 6) is 7.02. The highest BCUT2D eigenvalue weighted by Crippen LogP contribution is 2.26. The Kier molecular flexibility index (Phi) is 6.13. The van der Waals surface area contributed by atoms with Crippen molar-refractivity contribution in [3.63, 3.8) is 0 Å². The molecule has 1 rings (SSSR count). The topological polar surface area (TPSA) is 38.0 Å². The summed E-state index contributed by atoms with van der Waals surface area (Å²) < 4.78 is 13.1. The van der Waals surface area contributed by atoms with Crippen molar-refractivity contribution < 1.29 is 4.39 Å². The first-order valence-electron chi connectivity index (χ1n) is 5.17. The monoisotopic (exact) mass is 262 g/mol. The fourth-order valence-corrected chi connectivity index (χ4v) is 2.57. The number of nitrogens with one attached hydrogen (secondary N) is 1. The summed E-state index contributed by atoms with van der Waals surface area (Å²) in [6.07, 6.45) is 1.11. The minimum absolute atomic E-state index is 0.111. The number of thioether (sulfide) groups is 1. The molecule has 1 aromatic rings. The molecule has 0 bridgehead atoms. The highest BCUT2D eigenvalue weighted by atomic mass is 35.5. The third-order valence-electron chi connectivity index (χ3n) is 2.17. The van der Waals surface area contributed by atoms with E-state index in [1.807, 2.05) is 0 Å². The zero-order valence-electron chi connectivity index (χ0n) is 9.17. The van der Waals surface area contributed by atoms with Crippen molar-refractivity contribution >= 4 is 23.4 Å². The van der Waals surface area contributed by atoms with E-state index in [1.165, 1.54) is 12.1 Å². The van der Waals surface area contributed by atoms with Gasteiger partial charge in [0.15, 0.2) is 0 Å². The Bertz CT molecular complexity index is 336. The van der Waals surface area contributed by atoms with Crippen molar-refractivity contribution in [3.8, 4) is 0 Å². The second-order valence-electron chi connectivity index (χ2n) is 3.46. The Morgan fingerprint density at radius 1 is 1.56 bits per heavy atom. The van der Waals surface area contributed by atoms with Gasteiger partial charge in [-0.1, -0.05) is 18.5 Å². The van der Waals surface area contributed by atoms with Gasteiger partial charge >= 0.3 is 0 Å². The fourth-order valence-electron chi connectivity index (χ4n) is 1.35. The van der Waals surface area contributed by atoms with Crippen LogP contribution in [0.3, 0.4) is 0 Å². The van der Waals surface area contributed by atoms with Gasteiger partial charge in [0.1, 0.15) is 5.82 Å². The summed E-state index contributed by atoms with van der Waals surface area (Å²) >= 11 is 7.78. The van der Waals surface area contributed by atoms with Crippen LogP contribution in [0.15, 0.2) is 18.2 Å². The second kappa shape index (κ2) is 7.12. The van der Waals surface area contributed by atoms with E-state index in [2.05, 4.69) is 12.3 Å². The molecule has 0 aliphatic rings. The number of halogens is 2. The van der Waals surface area contributed by atoms with Gasteiger partial charge in [-0.3, -0.25) is 11.3 Å². The number of benzene rings is 1. The summed E-state index contributed by atoms with van der Waals surface area (Å²) in [6, 6.07) is 4.22. The zero-order chi connectivity index (χ0) is 12.0. The molecule has 0 spiro atoms. The lowest BCUT2D eigenvalue weighted by Crippen LogP contribution is -2.30. The molecule has 0 saturated carbocycles. The highest BCUT2D eigenvalue weighted by Gasteiger charge is 2.13. The van der Waals surface area contributed by atoms with Gasteiger partial charge in [-0.05, 0) is 35.9 Å². The fraction of sp³-hybridized carbons (Fsp3) is 0.455. The van der Waals surface area contributed by atoms with Crippen molar-refractivity contribution in [2.45, 2.75) is 19.4 Å². The van der Waals surface area contributed by atoms with Crippen molar-refractivity contribution in [2.24, 2.45) is 5.84 Å². The van der Waals surface area contributed by atoms with Crippen LogP contribution in [0.1, 0.15) is 24.9 Å². The Labute approximate surface area is 105 Å². The minimum Gasteiger partial charge on any atom is -0.271 e. The van der Waals surface area contributed by atoms with E-state index in [-0.39, 0.29) is 11.9 Å². The molecular weight excluding hydrogens is 247 g/mol. The van der Waals surface area contributed by atoms with Crippen LogP contribution in [0.4, 0.5) is 4.39 Å². The van der Waals surface area contributed by atoms with Crippen molar-refractivity contribution in [1.29, 1.82) is 0 Å². The molecule has 1 atom stereocenters. The molecule has 0 heterocycles. The maximum Gasteiger partial charge on any atom is 0.123 e. The van der Waals surface area contributed by atoms with Crippen molar-refractivity contribution in [2.75, 3.05) is 11.5 Å². The number of hydrazine groups is 1. The largest absolute Gasteiger partial charge is 0.271 e. The van der Waals surface area contributed by atoms with Crippen molar-refractivity contribution in [1.82, 2.24) is 5.43 Å². The molecule has 0 fully saturated rings. The highest BCUT2D eigenvalue weighted by molar-refractivity contribution is 7.99. The van der Waals surface area contributed by atoms with Gasteiger partial charge in [-0.25, -0.2) is 4.39 Å². The number of hydrogen-bond acceptors (Lipinski definition) is 3. The molecule has 0 radical (unpaired) electrons. The standard InChI is InChI=1S/C11H16ClFN2S/c1-2-5-16-7-11(15-14)9-6-8(13)3-4-10(9)12/h3-4,6,11,15H,2,5,7,14H2,1H3. The Morgan fingerprint density at radius 2 is 2.31 bits per heavy atom. The van der Waals surface area contributed by atoms with Crippen molar-refractivity contribution in [3.05, 3.63) is 34.6 Å². The maximum absolute atomic E-state index is 13.1. The van der Waals surface area contributed by atoms with E-state index in [9.17, 15) is 4.39 Å². The summed E-state index contributed by atoms with van der Waals surface area (Å²) in [5, 5.41) is 0.543. The molecule has 0 aliphatic carbocycles. The second-order valence-corrected chi connectivity index (χ2v) is 5.02. The molecule has 0 aromatic heterocycles. The lowest BCUT2D eigenvalue weighted by atomic mass is 10.1. The van der Waals surface area contributed by atoms with E-state index >= 15 is 0 Å². The molecule has 5 heteroatoms. The van der Waals surface area contributed by atoms with Crippen LogP contribution in [0.2, 0.25) is 5.02 Å². The van der Waals surface area contributed by atoms with Gasteiger partial charge in [-0.15, -0.1) is 0 Å². The average molecular weight is 263 g/mol. The Balaban J connectivity index is 2.73. The lowest BCUT2D eigenvalue weighted by Gasteiger charge is -2.17. The van der Waals surface area contributed by atoms with Crippen LogP contribution in [-0.4, -0.2) is 11.5 Å². The third kappa shape index (κ3) is 3.94. The first-order chi connectivity index (χ1) is 7.69. The van der Waals surface area contributed by atoms with E-state index in [0.717, 1.165) is 17.9 Å². The van der Waals surface area contributed by atoms with Gasteiger partial charge in [0.05, 0.1) is 6.04 Å². The summed E-state index contributed by atoms with van der Waals surface area (Å²) in [5.41, 5.74) is 3.39. The van der Waals surface area contributed by atoms with E-state index in [0.29, 0.717) is 10.6 Å². The molecule has 2 nitrogen and oxygen atoms in total. The van der Waals surface area contributed by atoms with E-state index in [1.54, 1.807) is 17.8 Å². The zero-order valence-corrected chi connectivity index (χ0v) is 10.7. The maximum atomic E-state index is 13.1. The van der Waals surface area contributed by atoms with Crippen LogP contribution in [-0.2, 0) is 0 Å². The Morgan fingerprint density at radius 3 is 2.94 bits per heavy atom. The molecular formula is C11H16ClFN2S. The molecule has 90 valence electrons. The quantitative estimate of drug-likeness (QED) is 0.470. The minimum atomic E-state index is -0.292. The predicted molar refractivity (Wildman–Crippen MR) is 69.1 cm³/mol. The average Bonchev–Trinajstić information content (AvgIpc) is 2.28. The number of nitrogens with two attached hydrogens (primary N) is 1. The summed E-state index contributed by atoms with van der Waals surface area (Å²) in [7, 11) is 0. The van der Waals surface area contributed by atoms with E-state index in [4.69, 9.17) is 17.4 Å². The molecule has 16 heavy (non-hydrogen) atoms. The van der Waals surface area contributed by atoms with Gasteiger partial charge in [-0.2, -0.15) is 11.8 Å². The predicted octanol–water partition coefficient (Wildman–Crippen LogP) is 3.13. The first kappa shape index (κ1) is 13.8. The van der Waals surface area contributed by atoms with Crippen LogP contribution < -0.4 is 11.3 Å². The first-order valence-corrected chi connectivity index (χ1v) is 6.71. The van der Waals surface area contributed by atoms with Gasteiger partial charge in [0.2, 0.25) is 0 Å². The molecule has 3 N–H and O–H groups in total. The van der Waals surface area contributed by atoms with Crippen LogP contribution in [0.25, 0.3) is 0 Å². The van der Waals surface area contributed by atoms with Gasteiger partial charge in [0.25, 0.3) is 0 Å². The smallest absolute Gasteiger partial charge is 0.123 e. The third-order valence-corrected chi connectivity index (χ3v) is 3.78. The molecule has 0 amide bonds. The van der Waals surface area contributed by atoms with E-state index < -0.39 is 0 Å². The SMILES string of the molecule is CCCSCC(NN)c1cc(F)ccc1Cl.